The van der Waals surface area contributed by atoms with Crippen molar-refractivity contribution in [2.24, 2.45) is 0 Å². The lowest BCUT2D eigenvalue weighted by Crippen LogP contribution is -1.90. The maximum Gasteiger partial charge on any atom is 0.240 e. The lowest BCUT2D eigenvalue weighted by Gasteiger charge is -2.01. The molecule has 1 fully saturated rings. The van der Waals surface area contributed by atoms with Crippen molar-refractivity contribution in [3.63, 3.8) is 0 Å². The molecular formula is C22H19N3O. The number of hydrogen-bond acceptors (Lipinski definition) is 4. The monoisotopic (exact) mass is 341 g/mol. The van der Waals surface area contributed by atoms with Crippen LogP contribution in [0.1, 0.15) is 58.4 Å². The second kappa shape index (κ2) is 6.97. The number of benzene rings is 2. The van der Waals surface area contributed by atoms with Crippen molar-refractivity contribution in [3.05, 3.63) is 82.1 Å². The van der Waals surface area contributed by atoms with Gasteiger partial charge in [0.05, 0.1) is 18.1 Å². The summed E-state index contributed by atoms with van der Waals surface area (Å²) in [4.78, 5) is 0. The van der Waals surface area contributed by atoms with Gasteiger partial charge in [0.15, 0.2) is 0 Å². The Morgan fingerprint density at radius 3 is 2.85 bits per heavy atom. The molecule has 0 N–H and O–H groups in total. The van der Waals surface area contributed by atoms with Gasteiger partial charge in [0.25, 0.3) is 0 Å². The quantitative estimate of drug-likeness (QED) is 0.663. The van der Waals surface area contributed by atoms with Crippen LogP contribution in [0.2, 0.25) is 0 Å². The minimum absolute atomic E-state index is 0.447. The highest BCUT2D eigenvalue weighted by Gasteiger charge is 2.23. The van der Waals surface area contributed by atoms with E-state index in [0.717, 1.165) is 17.0 Å². The van der Waals surface area contributed by atoms with E-state index in [2.05, 4.69) is 40.5 Å². The molecule has 4 nitrogen and oxygen atoms in total. The Morgan fingerprint density at radius 2 is 2.04 bits per heavy atom. The summed E-state index contributed by atoms with van der Waals surface area (Å²) < 4.78 is 5.73. The summed E-state index contributed by atoms with van der Waals surface area (Å²) in [5.41, 5.74) is 5.14. The molecule has 1 heterocycles. The smallest absolute Gasteiger partial charge is 0.240 e. The zero-order valence-electron chi connectivity index (χ0n) is 14.6. The van der Waals surface area contributed by atoms with Gasteiger partial charge in [0, 0.05) is 6.08 Å². The fraction of sp³-hybridized carbons (Fsp3) is 0.227. The highest BCUT2D eigenvalue weighted by atomic mass is 16.4. The van der Waals surface area contributed by atoms with E-state index in [1.807, 2.05) is 31.2 Å². The molecule has 0 spiro atoms. The first kappa shape index (κ1) is 16.3. The zero-order chi connectivity index (χ0) is 17.9. The Bertz CT molecular complexity index is 1010. The van der Waals surface area contributed by atoms with Crippen molar-refractivity contribution in [1.29, 1.82) is 5.26 Å². The summed E-state index contributed by atoms with van der Waals surface area (Å²) in [5, 5.41) is 17.5. The third-order valence-corrected chi connectivity index (χ3v) is 4.57. The number of nitrogens with zero attached hydrogens (tertiary/aromatic N) is 3. The molecule has 128 valence electrons. The summed E-state index contributed by atoms with van der Waals surface area (Å²) in [6, 6.07) is 16.6. The van der Waals surface area contributed by atoms with Gasteiger partial charge >= 0.3 is 0 Å². The van der Waals surface area contributed by atoms with Crippen LogP contribution in [0.4, 0.5) is 0 Å². The number of nitriles is 1. The first-order valence-electron chi connectivity index (χ1n) is 8.81. The molecule has 0 atom stereocenters. The Balaban J connectivity index is 1.48. The molecule has 0 bridgehead atoms. The van der Waals surface area contributed by atoms with Crippen LogP contribution in [0.3, 0.4) is 0 Å². The van der Waals surface area contributed by atoms with Gasteiger partial charge in [-0.25, -0.2) is 0 Å². The van der Waals surface area contributed by atoms with Crippen molar-refractivity contribution in [2.75, 3.05) is 0 Å². The molecule has 0 saturated heterocycles. The molecule has 1 aliphatic rings. The number of rotatable bonds is 5. The van der Waals surface area contributed by atoms with Gasteiger partial charge in [-0.3, -0.25) is 0 Å². The van der Waals surface area contributed by atoms with E-state index < -0.39 is 0 Å². The molecule has 4 heteroatoms. The highest BCUT2D eigenvalue weighted by Crippen LogP contribution is 2.40. The van der Waals surface area contributed by atoms with E-state index in [-0.39, 0.29) is 0 Å². The van der Waals surface area contributed by atoms with E-state index in [4.69, 9.17) is 4.42 Å². The summed E-state index contributed by atoms with van der Waals surface area (Å²) >= 11 is 0. The van der Waals surface area contributed by atoms with Crippen molar-refractivity contribution in [1.82, 2.24) is 10.2 Å². The van der Waals surface area contributed by atoms with Gasteiger partial charge < -0.3 is 4.42 Å². The third-order valence-electron chi connectivity index (χ3n) is 4.57. The molecule has 1 aliphatic carbocycles. The fourth-order valence-electron chi connectivity index (χ4n) is 3.03. The van der Waals surface area contributed by atoms with Crippen molar-refractivity contribution >= 4 is 12.2 Å². The SMILES string of the molecule is Cc1ccc(/C=C/c2nnc(Cc3cccc(C4CC4)c3)o2)c(C#N)c1. The molecule has 0 radical (unpaired) electrons. The minimum Gasteiger partial charge on any atom is -0.421 e. The van der Waals surface area contributed by atoms with E-state index >= 15 is 0 Å². The standard InChI is InChI=1S/C22H19N3O/c1-15-5-6-18(20(11-15)14-23)9-10-21-24-25-22(26-21)13-16-3-2-4-19(12-16)17-7-8-17/h2-6,9-12,17H,7-8,13H2,1H3/b10-9+. The lowest BCUT2D eigenvalue weighted by molar-refractivity contribution is 0.496. The van der Waals surface area contributed by atoms with Crippen LogP contribution in [0, 0.1) is 18.3 Å². The van der Waals surface area contributed by atoms with Crippen LogP contribution in [-0.2, 0) is 6.42 Å². The maximum absolute atomic E-state index is 9.24. The second-order valence-electron chi connectivity index (χ2n) is 6.77. The second-order valence-corrected chi connectivity index (χ2v) is 6.77. The van der Waals surface area contributed by atoms with Crippen LogP contribution in [0.5, 0.6) is 0 Å². The number of aromatic nitrogens is 2. The van der Waals surface area contributed by atoms with Gasteiger partial charge in [-0.15, -0.1) is 10.2 Å². The predicted molar refractivity (Wildman–Crippen MR) is 100 cm³/mol. The van der Waals surface area contributed by atoms with E-state index in [0.29, 0.717) is 23.8 Å². The number of aryl methyl sites for hydroxylation is 1. The molecular weight excluding hydrogens is 322 g/mol. The largest absolute Gasteiger partial charge is 0.421 e. The summed E-state index contributed by atoms with van der Waals surface area (Å²) in [7, 11) is 0. The Hall–Kier alpha value is -3.19. The van der Waals surface area contributed by atoms with Crippen molar-refractivity contribution < 1.29 is 4.42 Å². The molecule has 0 unspecified atom stereocenters. The van der Waals surface area contributed by atoms with Gasteiger partial charge in [0.2, 0.25) is 11.8 Å². The molecule has 4 rings (SSSR count). The predicted octanol–water partition coefficient (Wildman–Crippen LogP) is 4.89. The molecule has 26 heavy (non-hydrogen) atoms. The number of hydrogen-bond donors (Lipinski definition) is 0. The van der Waals surface area contributed by atoms with Crippen LogP contribution in [-0.4, -0.2) is 10.2 Å². The Labute approximate surface area is 152 Å². The molecule has 1 saturated carbocycles. The Kier molecular flexibility index (Phi) is 4.37. The highest BCUT2D eigenvalue weighted by molar-refractivity contribution is 5.70. The molecule has 2 aromatic carbocycles. The molecule has 0 amide bonds. The minimum atomic E-state index is 0.447. The fourth-order valence-corrected chi connectivity index (χ4v) is 3.03. The van der Waals surface area contributed by atoms with Gasteiger partial charge in [0.1, 0.15) is 0 Å². The van der Waals surface area contributed by atoms with E-state index in [1.165, 1.54) is 24.0 Å². The van der Waals surface area contributed by atoms with Crippen LogP contribution in [0.15, 0.2) is 46.9 Å². The topological polar surface area (TPSA) is 62.7 Å². The van der Waals surface area contributed by atoms with Gasteiger partial charge in [-0.2, -0.15) is 5.26 Å². The summed E-state index contributed by atoms with van der Waals surface area (Å²) in [6.07, 6.45) is 6.81. The molecule has 3 aromatic rings. The molecule has 1 aromatic heterocycles. The molecule has 0 aliphatic heterocycles. The zero-order valence-corrected chi connectivity index (χ0v) is 14.6. The average molecular weight is 341 g/mol. The lowest BCUT2D eigenvalue weighted by atomic mass is 10.1. The maximum atomic E-state index is 9.24. The van der Waals surface area contributed by atoms with Crippen LogP contribution < -0.4 is 0 Å². The summed E-state index contributed by atoms with van der Waals surface area (Å²) in [6.45, 7) is 1.97. The normalized spacial score (nSPS) is 13.8. The van der Waals surface area contributed by atoms with Crippen molar-refractivity contribution in [2.45, 2.75) is 32.1 Å². The Morgan fingerprint density at radius 1 is 1.15 bits per heavy atom. The van der Waals surface area contributed by atoms with E-state index in [1.54, 1.807) is 6.08 Å². The van der Waals surface area contributed by atoms with Crippen LogP contribution in [0.25, 0.3) is 12.2 Å². The summed E-state index contributed by atoms with van der Waals surface area (Å²) in [5.74, 6) is 1.78. The van der Waals surface area contributed by atoms with Crippen LogP contribution >= 0.6 is 0 Å². The average Bonchev–Trinajstić information content (AvgIpc) is 3.42. The van der Waals surface area contributed by atoms with Crippen molar-refractivity contribution in [3.8, 4) is 6.07 Å². The first-order valence-corrected chi connectivity index (χ1v) is 8.81. The van der Waals surface area contributed by atoms with Gasteiger partial charge in [-0.05, 0) is 60.1 Å². The first-order chi connectivity index (χ1) is 12.7. The van der Waals surface area contributed by atoms with Gasteiger partial charge in [-0.1, -0.05) is 36.4 Å². The van der Waals surface area contributed by atoms with E-state index in [9.17, 15) is 5.26 Å². The third kappa shape index (κ3) is 3.73.